The summed E-state index contributed by atoms with van der Waals surface area (Å²) in [6.07, 6.45) is 0. The Morgan fingerprint density at radius 3 is 0.697 bits per heavy atom. The SMILES string of the molecule is Fc1c(F)c(F)c(C2=C(c3c(F)c(F)c(F)c(F)c3F)C(F)(F)C(F)(F)C2(F)F)c(F)c1F. The van der Waals surface area contributed by atoms with Crippen LogP contribution in [0.3, 0.4) is 0 Å². The van der Waals surface area contributed by atoms with Crippen LogP contribution in [-0.2, 0) is 0 Å². The van der Waals surface area contributed by atoms with Gasteiger partial charge in [0.05, 0.1) is 22.3 Å². The molecule has 0 fully saturated rings. The lowest BCUT2D eigenvalue weighted by molar-refractivity contribution is -0.254. The van der Waals surface area contributed by atoms with Crippen LogP contribution in [0.4, 0.5) is 70.2 Å². The van der Waals surface area contributed by atoms with Gasteiger partial charge in [-0.25, -0.2) is 43.9 Å². The van der Waals surface area contributed by atoms with Crippen molar-refractivity contribution in [2.24, 2.45) is 0 Å². The topological polar surface area (TPSA) is 0 Å². The quantitative estimate of drug-likeness (QED) is 0.235. The second-order valence-corrected chi connectivity index (χ2v) is 6.36. The van der Waals surface area contributed by atoms with Gasteiger partial charge < -0.3 is 0 Å². The number of hydrogen-bond donors (Lipinski definition) is 0. The first kappa shape index (κ1) is 24.7. The fourth-order valence-corrected chi connectivity index (χ4v) is 3.04. The van der Waals surface area contributed by atoms with E-state index in [2.05, 4.69) is 0 Å². The van der Waals surface area contributed by atoms with Crippen LogP contribution in [0.1, 0.15) is 11.1 Å². The zero-order chi connectivity index (χ0) is 25.6. The first-order chi connectivity index (χ1) is 14.9. The molecule has 0 saturated carbocycles. The Morgan fingerprint density at radius 2 is 0.485 bits per heavy atom. The molecule has 16 heteroatoms. The van der Waals surface area contributed by atoms with Crippen molar-refractivity contribution in [1.29, 1.82) is 0 Å². The van der Waals surface area contributed by atoms with Gasteiger partial charge in [-0.2, -0.15) is 26.3 Å². The second-order valence-electron chi connectivity index (χ2n) is 6.36. The van der Waals surface area contributed by atoms with E-state index in [0.29, 0.717) is 0 Å². The number of halogens is 16. The molecule has 1 aliphatic rings. The maximum atomic E-state index is 14.3. The normalized spacial score (nSPS) is 18.9. The van der Waals surface area contributed by atoms with Crippen LogP contribution in [-0.4, -0.2) is 17.8 Å². The third kappa shape index (κ3) is 2.81. The van der Waals surface area contributed by atoms with Crippen molar-refractivity contribution in [1.82, 2.24) is 0 Å². The van der Waals surface area contributed by atoms with Crippen LogP contribution in [0.25, 0.3) is 11.1 Å². The van der Waals surface area contributed by atoms with Gasteiger partial charge in [0.15, 0.2) is 46.5 Å². The Balaban J connectivity index is 2.70. The fourth-order valence-electron chi connectivity index (χ4n) is 3.04. The second kappa shape index (κ2) is 7.03. The molecule has 0 amide bonds. The van der Waals surface area contributed by atoms with Crippen LogP contribution in [0.2, 0.25) is 0 Å². The number of allylic oxidation sites excluding steroid dienone is 2. The Bertz CT molecular complexity index is 1090. The van der Waals surface area contributed by atoms with Crippen molar-refractivity contribution in [3.63, 3.8) is 0 Å². The van der Waals surface area contributed by atoms with Crippen molar-refractivity contribution in [3.8, 4) is 0 Å². The summed E-state index contributed by atoms with van der Waals surface area (Å²) >= 11 is 0. The average Bonchev–Trinajstić information content (AvgIpc) is 2.83. The Kier molecular flexibility index (Phi) is 5.26. The minimum Gasteiger partial charge on any atom is -0.203 e. The predicted molar refractivity (Wildman–Crippen MR) is 74.1 cm³/mol. The lowest BCUT2D eigenvalue weighted by Crippen LogP contribution is -2.49. The number of benzene rings is 2. The lowest BCUT2D eigenvalue weighted by Gasteiger charge is -2.26. The van der Waals surface area contributed by atoms with Crippen molar-refractivity contribution >= 4 is 11.1 Å². The summed E-state index contributed by atoms with van der Waals surface area (Å²) in [6.45, 7) is 0. The zero-order valence-corrected chi connectivity index (χ0v) is 14.5. The fraction of sp³-hybridized carbons (Fsp3) is 0.176. The van der Waals surface area contributed by atoms with E-state index in [9.17, 15) is 70.2 Å². The van der Waals surface area contributed by atoms with E-state index in [0.717, 1.165) is 0 Å². The summed E-state index contributed by atoms with van der Waals surface area (Å²) in [5.41, 5.74) is -13.6. The molecule has 0 bridgehead atoms. The van der Waals surface area contributed by atoms with Crippen LogP contribution < -0.4 is 0 Å². The van der Waals surface area contributed by atoms with Gasteiger partial charge >= 0.3 is 17.8 Å². The Morgan fingerprint density at radius 1 is 0.303 bits per heavy atom. The summed E-state index contributed by atoms with van der Waals surface area (Å²) in [7, 11) is 0. The molecule has 2 aromatic rings. The molecule has 1 aliphatic carbocycles. The molecule has 33 heavy (non-hydrogen) atoms. The van der Waals surface area contributed by atoms with Crippen molar-refractivity contribution < 1.29 is 70.2 Å². The van der Waals surface area contributed by atoms with Crippen molar-refractivity contribution in [2.75, 3.05) is 0 Å². The Hall–Kier alpha value is -2.94. The number of hydrogen-bond acceptors (Lipinski definition) is 0. The van der Waals surface area contributed by atoms with E-state index in [1.54, 1.807) is 0 Å². The predicted octanol–water partition coefficient (Wildman–Crippen LogP) is 6.91. The number of rotatable bonds is 2. The van der Waals surface area contributed by atoms with E-state index in [1.165, 1.54) is 0 Å². The molecule has 2 aromatic carbocycles. The van der Waals surface area contributed by atoms with Crippen LogP contribution in [0.15, 0.2) is 0 Å². The summed E-state index contributed by atoms with van der Waals surface area (Å²) in [6, 6.07) is 0. The summed E-state index contributed by atoms with van der Waals surface area (Å²) < 4.78 is 221. The third-order valence-electron chi connectivity index (χ3n) is 4.59. The molecule has 0 N–H and O–H groups in total. The third-order valence-corrected chi connectivity index (χ3v) is 4.59. The smallest absolute Gasteiger partial charge is 0.203 e. The molecule has 0 radical (unpaired) electrons. The van der Waals surface area contributed by atoms with E-state index in [1.807, 2.05) is 0 Å². The first-order valence-corrected chi connectivity index (χ1v) is 7.77. The molecule has 0 unspecified atom stereocenters. The van der Waals surface area contributed by atoms with Gasteiger partial charge in [-0.3, -0.25) is 0 Å². The molecule has 0 spiro atoms. The highest BCUT2D eigenvalue weighted by molar-refractivity contribution is 6.01. The minimum atomic E-state index is -6.91. The summed E-state index contributed by atoms with van der Waals surface area (Å²) in [5, 5.41) is 0. The van der Waals surface area contributed by atoms with Gasteiger partial charge in [-0.1, -0.05) is 0 Å². The van der Waals surface area contributed by atoms with Gasteiger partial charge in [-0.15, -0.1) is 0 Å². The molecule has 0 atom stereocenters. The molecule has 0 saturated heterocycles. The molecular formula is C17F16. The van der Waals surface area contributed by atoms with Gasteiger partial charge in [0.2, 0.25) is 11.6 Å². The minimum absolute atomic E-state index is 3.08. The van der Waals surface area contributed by atoms with Crippen LogP contribution in [0.5, 0.6) is 0 Å². The van der Waals surface area contributed by atoms with Crippen LogP contribution in [0, 0.1) is 58.2 Å². The molecule has 0 nitrogen and oxygen atoms in total. The van der Waals surface area contributed by atoms with Crippen LogP contribution >= 0.6 is 0 Å². The first-order valence-electron chi connectivity index (χ1n) is 7.77. The van der Waals surface area contributed by atoms with Gasteiger partial charge in [0.1, 0.15) is 0 Å². The highest BCUT2D eigenvalue weighted by atomic mass is 19.3. The van der Waals surface area contributed by atoms with Crippen molar-refractivity contribution in [3.05, 3.63) is 69.3 Å². The molecule has 0 aromatic heterocycles. The summed E-state index contributed by atoms with van der Waals surface area (Å²) in [4.78, 5) is 0. The Labute approximate surface area is 169 Å². The van der Waals surface area contributed by atoms with Crippen molar-refractivity contribution in [2.45, 2.75) is 17.8 Å². The standard InChI is InChI=1S/C17F16/c18-5-1(6(19)10(23)13(26)9(5)22)3-4(16(30,31)17(32,33)15(3,28)29)2-7(20)11(24)14(27)12(25)8(2)21. The summed E-state index contributed by atoms with van der Waals surface area (Å²) in [5.74, 6) is -52.7. The van der Waals surface area contributed by atoms with E-state index >= 15 is 0 Å². The average molecular weight is 508 g/mol. The maximum absolute atomic E-state index is 14.3. The molecule has 0 aliphatic heterocycles. The maximum Gasteiger partial charge on any atom is 0.380 e. The molecular weight excluding hydrogens is 508 g/mol. The van der Waals surface area contributed by atoms with Gasteiger partial charge in [0.25, 0.3) is 0 Å². The lowest BCUT2D eigenvalue weighted by atomic mass is 9.92. The van der Waals surface area contributed by atoms with E-state index in [-0.39, 0.29) is 0 Å². The van der Waals surface area contributed by atoms with Gasteiger partial charge in [0, 0.05) is 0 Å². The monoisotopic (exact) mass is 508 g/mol. The highest BCUT2D eigenvalue weighted by Gasteiger charge is 2.81. The molecule has 180 valence electrons. The largest absolute Gasteiger partial charge is 0.380 e. The number of alkyl halides is 6. The molecule has 3 rings (SSSR count). The molecule has 0 heterocycles. The highest BCUT2D eigenvalue weighted by Crippen LogP contribution is 2.65. The van der Waals surface area contributed by atoms with E-state index < -0.39 is 98.2 Å². The van der Waals surface area contributed by atoms with E-state index in [4.69, 9.17) is 0 Å². The zero-order valence-electron chi connectivity index (χ0n) is 14.5. The van der Waals surface area contributed by atoms with Gasteiger partial charge in [-0.05, 0) is 0 Å².